The van der Waals surface area contributed by atoms with Gasteiger partial charge in [-0.3, -0.25) is 0 Å². The van der Waals surface area contributed by atoms with Gasteiger partial charge in [0.2, 0.25) is 0 Å². The van der Waals surface area contributed by atoms with E-state index in [2.05, 4.69) is 10.6 Å². The third kappa shape index (κ3) is 4.21. The normalized spacial score (nSPS) is 24.4. The second kappa shape index (κ2) is 7.01. The lowest BCUT2D eigenvalue weighted by Gasteiger charge is -2.26. The molecule has 0 aromatic rings. The Morgan fingerprint density at radius 2 is 2.25 bits per heavy atom. The van der Waals surface area contributed by atoms with Gasteiger partial charge in [0.25, 0.3) is 0 Å². The van der Waals surface area contributed by atoms with E-state index < -0.39 is 0 Å². The highest BCUT2D eigenvalue weighted by Gasteiger charge is 2.34. The molecule has 1 atom stereocenters. The molecule has 6 heteroatoms. The molecule has 1 rings (SSSR count). The van der Waals surface area contributed by atoms with Gasteiger partial charge in [0, 0.05) is 40.3 Å². The van der Waals surface area contributed by atoms with Gasteiger partial charge in [0.1, 0.15) is 5.60 Å². The van der Waals surface area contributed by atoms with Gasteiger partial charge in [0.15, 0.2) is 5.11 Å². The molecule has 2 N–H and O–H groups in total. The highest BCUT2D eigenvalue weighted by Crippen LogP contribution is 2.21. The van der Waals surface area contributed by atoms with Crippen LogP contribution in [0.4, 0.5) is 0 Å². The number of ether oxygens (including phenoxy) is 3. The monoisotopic (exact) mass is 248 g/mol. The number of rotatable bonds is 6. The summed E-state index contributed by atoms with van der Waals surface area (Å²) in [6, 6.07) is 0. The molecular formula is C10H20N2O3S. The standard InChI is InChI=1S/C10H20N2O3S/c1-13-6-4-11-9(16)12-7-10(14-2)3-5-15-8-10/h3-8H2,1-2H3,(H2,11,12,16). The number of hydrogen-bond donors (Lipinski definition) is 2. The first-order valence-electron chi connectivity index (χ1n) is 5.36. The lowest BCUT2D eigenvalue weighted by Crippen LogP contribution is -2.48. The molecule has 0 aromatic heterocycles. The van der Waals surface area contributed by atoms with E-state index in [4.69, 9.17) is 26.4 Å². The van der Waals surface area contributed by atoms with Gasteiger partial charge in [-0.2, -0.15) is 0 Å². The van der Waals surface area contributed by atoms with E-state index in [0.717, 1.165) is 13.0 Å². The predicted octanol–water partition coefficient (Wildman–Crippen LogP) is -0.0976. The third-order valence-electron chi connectivity index (χ3n) is 2.66. The molecule has 1 heterocycles. The first-order valence-corrected chi connectivity index (χ1v) is 5.77. The Morgan fingerprint density at radius 3 is 2.81 bits per heavy atom. The fraction of sp³-hybridized carbons (Fsp3) is 0.900. The van der Waals surface area contributed by atoms with Crippen LogP contribution in [0.2, 0.25) is 0 Å². The maximum Gasteiger partial charge on any atom is 0.166 e. The van der Waals surface area contributed by atoms with Crippen molar-refractivity contribution in [2.24, 2.45) is 0 Å². The summed E-state index contributed by atoms with van der Waals surface area (Å²) in [5.74, 6) is 0. The van der Waals surface area contributed by atoms with Crippen LogP contribution in [0.3, 0.4) is 0 Å². The van der Waals surface area contributed by atoms with Crippen molar-refractivity contribution in [2.75, 3.05) is 47.1 Å². The lowest BCUT2D eigenvalue weighted by molar-refractivity contribution is -0.0126. The van der Waals surface area contributed by atoms with E-state index in [-0.39, 0.29) is 5.60 Å². The van der Waals surface area contributed by atoms with Crippen molar-refractivity contribution in [3.8, 4) is 0 Å². The minimum Gasteiger partial charge on any atom is -0.383 e. The Kier molecular flexibility index (Phi) is 5.97. The average molecular weight is 248 g/mol. The summed E-state index contributed by atoms with van der Waals surface area (Å²) in [6.07, 6.45) is 0.900. The maximum atomic E-state index is 5.48. The SMILES string of the molecule is COCCNC(=S)NCC1(OC)CCOC1. The molecule has 5 nitrogen and oxygen atoms in total. The van der Waals surface area contributed by atoms with Gasteiger partial charge >= 0.3 is 0 Å². The Labute approximate surface area is 102 Å². The van der Waals surface area contributed by atoms with Crippen LogP contribution in [0.25, 0.3) is 0 Å². The van der Waals surface area contributed by atoms with Crippen molar-refractivity contribution in [1.29, 1.82) is 0 Å². The molecule has 94 valence electrons. The van der Waals surface area contributed by atoms with Gasteiger partial charge in [-0.1, -0.05) is 0 Å². The molecule has 0 aliphatic carbocycles. The Hall–Kier alpha value is -0.430. The summed E-state index contributed by atoms with van der Waals surface area (Å²) in [6.45, 7) is 3.39. The van der Waals surface area contributed by atoms with E-state index in [0.29, 0.717) is 31.4 Å². The highest BCUT2D eigenvalue weighted by molar-refractivity contribution is 7.80. The summed E-state index contributed by atoms with van der Waals surface area (Å²) >= 11 is 5.13. The first-order chi connectivity index (χ1) is 7.72. The topological polar surface area (TPSA) is 51.8 Å². The maximum absolute atomic E-state index is 5.48. The molecule has 0 aromatic carbocycles. The second-order valence-electron chi connectivity index (χ2n) is 3.79. The predicted molar refractivity (Wildman–Crippen MR) is 65.7 cm³/mol. The van der Waals surface area contributed by atoms with Crippen LogP contribution in [-0.4, -0.2) is 57.8 Å². The second-order valence-corrected chi connectivity index (χ2v) is 4.20. The van der Waals surface area contributed by atoms with Gasteiger partial charge < -0.3 is 24.8 Å². The average Bonchev–Trinajstić information content (AvgIpc) is 2.76. The molecule has 0 radical (unpaired) electrons. The van der Waals surface area contributed by atoms with Crippen LogP contribution in [0, 0.1) is 0 Å². The number of hydrogen-bond acceptors (Lipinski definition) is 4. The van der Waals surface area contributed by atoms with E-state index in [1.165, 1.54) is 0 Å². The number of thiocarbonyl (C=S) groups is 1. The minimum atomic E-state index is -0.229. The van der Waals surface area contributed by atoms with Crippen molar-refractivity contribution in [2.45, 2.75) is 12.0 Å². The van der Waals surface area contributed by atoms with E-state index in [1.54, 1.807) is 14.2 Å². The van der Waals surface area contributed by atoms with Crippen LogP contribution in [0.1, 0.15) is 6.42 Å². The zero-order chi connectivity index (χ0) is 11.9. The summed E-state index contributed by atoms with van der Waals surface area (Å²) in [5.41, 5.74) is -0.229. The van der Waals surface area contributed by atoms with Crippen LogP contribution >= 0.6 is 12.2 Å². The molecule has 0 bridgehead atoms. The van der Waals surface area contributed by atoms with E-state index >= 15 is 0 Å². The van der Waals surface area contributed by atoms with Crippen LogP contribution in [0.15, 0.2) is 0 Å². The number of nitrogens with one attached hydrogen (secondary N) is 2. The van der Waals surface area contributed by atoms with Crippen molar-refractivity contribution in [3.63, 3.8) is 0 Å². The van der Waals surface area contributed by atoms with Crippen LogP contribution in [0.5, 0.6) is 0 Å². The fourth-order valence-corrected chi connectivity index (χ4v) is 1.71. The van der Waals surface area contributed by atoms with Crippen molar-refractivity contribution in [1.82, 2.24) is 10.6 Å². The summed E-state index contributed by atoms with van der Waals surface area (Å²) < 4.78 is 15.7. The molecular weight excluding hydrogens is 228 g/mol. The largest absolute Gasteiger partial charge is 0.383 e. The fourth-order valence-electron chi connectivity index (χ4n) is 1.53. The molecule has 1 aliphatic rings. The van der Waals surface area contributed by atoms with E-state index in [1.807, 2.05) is 0 Å². The third-order valence-corrected chi connectivity index (χ3v) is 2.95. The van der Waals surface area contributed by atoms with Gasteiger partial charge in [-0.25, -0.2) is 0 Å². The first kappa shape index (κ1) is 13.6. The van der Waals surface area contributed by atoms with Crippen LogP contribution in [-0.2, 0) is 14.2 Å². The minimum absolute atomic E-state index is 0.229. The molecule has 0 saturated carbocycles. The lowest BCUT2D eigenvalue weighted by atomic mass is 10.0. The zero-order valence-electron chi connectivity index (χ0n) is 9.88. The Morgan fingerprint density at radius 1 is 1.44 bits per heavy atom. The summed E-state index contributed by atoms with van der Waals surface area (Å²) in [5, 5.41) is 6.81. The molecule has 1 fully saturated rings. The number of methoxy groups -OCH3 is 2. The Bertz CT molecular complexity index is 220. The molecule has 16 heavy (non-hydrogen) atoms. The molecule has 0 spiro atoms. The molecule has 0 amide bonds. The quantitative estimate of drug-likeness (QED) is 0.506. The summed E-state index contributed by atoms with van der Waals surface area (Å²) in [4.78, 5) is 0. The van der Waals surface area contributed by atoms with Gasteiger partial charge in [0.05, 0.1) is 13.2 Å². The molecule has 1 unspecified atom stereocenters. The van der Waals surface area contributed by atoms with Gasteiger partial charge in [-0.15, -0.1) is 0 Å². The molecule has 1 aliphatic heterocycles. The van der Waals surface area contributed by atoms with Crippen LogP contribution < -0.4 is 10.6 Å². The zero-order valence-corrected chi connectivity index (χ0v) is 10.7. The highest BCUT2D eigenvalue weighted by atomic mass is 32.1. The van der Waals surface area contributed by atoms with E-state index in [9.17, 15) is 0 Å². The van der Waals surface area contributed by atoms with Crippen molar-refractivity contribution >= 4 is 17.3 Å². The van der Waals surface area contributed by atoms with Crippen molar-refractivity contribution in [3.05, 3.63) is 0 Å². The van der Waals surface area contributed by atoms with Crippen molar-refractivity contribution < 1.29 is 14.2 Å². The smallest absolute Gasteiger partial charge is 0.166 e. The Balaban J connectivity index is 2.19. The van der Waals surface area contributed by atoms with Gasteiger partial charge in [-0.05, 0) is 12.2 Å². The molecule has 1 saturated heterocycles. The summed E-state index contributed by atoms with van der Waals surface area (Å²) in [7, 11) is 3.37.